The maximum Gasteiger partial charge on any atom is 0.238 e. The highest BCUT2D eigenvalue weighted by Gasteiger charge is 2.32. The third-order valence-electron chi connectivity index (χ3n) is 4.58. The van der Waals surface area contributed by atoms with Crippen LogP contribution in [-0.4, -0.2) is 52.8 Å². The molecule has 1 saturated carbocycles. The molecule has 2 aliphatic rings. The lowest BCUT2D eigenvalue weighted by Crippen LogP contribution is -2.39. The molecule has 2 N–H and O–H groups in total. The highest BCUT2D eigenvalue weighted by molar-refractivity contribution is 7.88. The lowest BCUT2D eigenvalue weighted by molar-refractivity contribution is 0.203. The Morgan fingerprint density at radius 2 is 2.07 bits per heavy atom. The SMILES string of the molecule is C#Cc1c(F)c2cnc(N)nn2c1C1CC1.CS(=O)(=O)N1CCCC(F)C1. The molecule has 2 fully saturated rings. The van der Waals surface area contributed by atoms with Crippen molar-refractivity contribution in [2.45, 2.75) is 37.8 Å². The van der Waals surface area contributed by atoms with Crippen LogP contribution in [0.5, 0.6) is 0 Å². The topological polar surface area (TPSA) is 93.6 Å². The van der Waals surface area contributed by atoms with E-state index < -0.39 is 22.0 Å². The Morgan fingerprint density at radius 3 is 2.59 bits per heavy atom. The van der Waals surface area contributed by atoms with Gasteiger partial charge in [0.2, 0.25) is 16.0 Å². The zero-order valence-corrected chi connectivity index (χ0v) is 15.7. The number of nitrogen functional groups attached to an aromatic ring is 1. The first kappa shape index (κ1) is 19.5. The zero-order valence-electron chi connectivity index (χ0n) is 14.9. The van der Waals surface area contributed by atoms with Crippen LogP contribution in [0.1, 0.15) is 42.9 Å². The van der Waals surface area contributed by atoms with E-state index in [0.717, 1.165) is 24.8 Å². The molecule has 3 heterocycles. The summed E-state index contributed by atoms with van der Waals surface area (Å²) in [5.41, 5.74) is 6.84. The summed E-state index contributed by atoms with van der Waals surface area (Å²) in [6.45, 7) is 0.512. The summed E-state index contributed by atoms with van der Waals surface area (Å²) in [7, 11) is -3.17. The van der Waals surface area contributed by atoms with E-state index in [0.29, 0.717) is 36.4 Å². The molecule has 4 rings (SSSR count). The number of hydrogen-bond donors (Lipinski definition) is 1. The number of terminal acetylenes is 1. The Bertz CT molecular complexity index is 995. The molecule has 0 aromatic carbocycles. The lowest BCUT2D eigenvalue weighted by Gasteiger charge is -2.26. The predicted octanol–water partition coefficient (Wildman–Crippen LogP) is 1.69. The van der Waals surface area contributed by atoms with Gasteiger partial charge in [-0.3, -0.25) is 0 Å². The van der Waals surface area contributed by atoms with Gasteiger partial charge in [0.15, 0.2) is 5.82 Å². The number of aromatic nitrogens is 3. The second-order valence-electron chi connectivity index (χ2n) is 6.77. The Balaban J connectivity index is 0.000000168. The Hall–Kier alpha value is -2.25. The molecule has 0 bridgehead atoms. The van der Waals surface area contributed by atoms with Crippen LogP contribution >= 0.6 is 0 Å². The highest BCUT2D eigenvalue weighted by Crippen LogP contribution is 2.43. The Kier molecular flexibility index (Phi) is 5.35. The van der Waals surface area contributed by atoms with Gasteiger partial charge in [-0.1, -0.05) is 5.92 Å². The van der Waals surface area contributed by atoms with E-state index in [1.807, 2.05) is 0 Å². The third kappa shape index (κ3) is 4.20. The molecule has 10 heteroatoms. The summed E-state index contributed by atoms with van der Waals surface area (Å²) < 4.78 is 51.1. The fourth-order valence-electron chi connectivity index (χ4n) is 3.11. The number of alkyl halides is 1. The first-order valence-corrected chi connectivity index (χ1v) is 10.5. The van der Waals surface area contributed by atoms with Crippen LogP contribution in [0.25, 0.3) is 5.52 Å². The van der Waals surface area contributed by atoms with Crippen molar-refractivity contribution in [1.82, 2.24) is 18.9 Å². The van der Waals surface area contributed by atoms with Crippen molar-refractivity contribution in [3.8, 4) is 12.3 Å². The minimum Gasteiger partial charge on any atom is -0.367 e. The van der Waals surface area contributed by atoms with Crippen LogP contribution in [0.4, 0.5) is 14.7 Å². The van der Waals surface area contributed by atoms with Gasteiger partial charge in [0, 0.05) is 19.0 Å². The van der Waals surface area contributed by atoms with E-state index in [1.165, 1.54) is 15.0 Å². The van der Waals surface area contributed by atoms with Crippen molar-refractivity contribution in [2.75, 3.05) is 25.1 Å². The Labute approximate surface area is 156 Å². The fraction of sp³-hybridized carbons (Fsp3) is 0.529. The maximum absolute atomic E-state index is 13.9. The smallest absolute Gasteiger partial charge is 0.238 e. The van der Waals surface area contributed by atoms with Crippen molar-refractivity contribution in [3.05, 3.63) is 23.3 Å². The van der Waals surface area contributed by atoms with Gasteiger partial charge in [-0.25, -0.2) is 26.7 Å². The van der Waals surface area contributed by atoms with Gasteiger partial charge in [-0.2, -0.15) is 4.31 Å². The molecule has 146 valence electrons. The summed E-state index contributed by atoms with van der Waals surface area (Å²) in [6, 6.07) is 0. The number of hydrogen-bond acceptors (Lipinski definition) is 5. The van der Waals surface area contributed by atoms with Crippen LogP contribution in [0.15, 0.2) is 6.20 Å². The first-order chi connectivity index (χ1) is 12.7. The number of sulfonamides is 1. The molecule has 1 saturated heterocycles. The maximum atomic E-state index is 13.9. The van der Waals surface area contributed by atoms with Crippen LogP contribution < -0.4 is 5.73 Å². The molecule has 1 aliphatic heterocycles. The zero-order chi connectivity index (χ0) is 19.8. The number of piperidine rings is 1. The van der Waals surface area contributed by atoms with Gasteiger partial charge < -0.3 is 5.73 Å². The number of nitrogens with two attached hydrogens (primary N) is 1. The Morgan fingerprint density at radius 1 is 1.37 bits per heavy atom. The van der Waals surface area contributed by atoms with Crippen molar-refractivity contribution in [1.29, 1.82) is 0 Å². The minimum absolute atomic E-state index is 0.0405. The number of fused-ring (bicyclic) bond motifs is 1. The molecule has 0 radical (unpaired) electrons. The summed E-state index contributed by atoms with van der Waals surface area (Å²) in [6.07, 6.45) is 10.0. The molecular weight excluding hydrogens is 376 g/mol. The second kappa shape index (κ2) is 7.40. The van der Waals surface area contributed by atoms with Crippen molar-refractivity contribution in [2.24, 2.45) is 0 Å². The van der Waals surface area contributed by atoms with Gasteiger partial charge in [0.05, 0.1) is 23.7 Å². The summed E-state index contributed by atoms with van der Waals surface area (Å²) in [4.78, 5) is 3.77. The quantitative estimate of drug-likeness (QED) is 0.779. The van der Waals surface area contributed by atoms with Crippen molar-refractivity contribution < 1.29 is 17.2 Å². The van der Waals surface area contributed by atoms with Gasteiger partial charge in [0.1, 0.15) is 11.7 Å². The molecule has 1 atom stereocenters. The summed E-state index contributed by atoms with van der Waals surface area (Å²) >= 11 is 0. The number of anilines is 1. The molecule has 1 unspecified atom stereocenters. The van der Waals surface area contributed by atoms with Crippen LogP contribution in [0.3, 0.4) is 0 Å². The van der Waals surface area contributed by atoms with Gasteiger partial charge in [-0.05, 0) is 25.7 Å². The standard InChI is InChI=1S/C11H9FN4.C6H12FNO2S/c1-2-7-9(12)8-5-14-11(13)15-16(8)10(7)6-3-4-6;1-11(9,10)8-4-2-3-6(7)5-8/h1,5-6H,3-4H2,(H2,13,15);6H,2-5H2,1H3. The second-order valence-corrected chi connectivity index (χ2v) is 8.75. The predicted molar refractivity (Wildman–Crippen MR) is 97.8 cm³/mol. The molecular formula is C17H21F2N5O2S. The highest BCUT2D eigenvalue weighted by atomic mass is 32.2. The van der Waals surface area contributed by atoms with E-state index in [9.17, 15) is 17.2 Å². The molecule has 7 nitrogen and oxygen atoms in total. The summed E-state index contributed by atoms with van der Waals surface area (Å²) in [5, 5.41) is 4.01. The molecule has 2 aromatic rings. The normalized spacial score (nSPS) is 20.7. The van der Waals surface area contributed by atoms with Crippen LogP contribution in [-0.2, 0) is 10.0 Å². The van der Waals surface area contributed by atoms with E-state index in [2.05, 4.69) is 16.0 Å². The monoisotopic (exact) mass is 397 g/mol. The van der Waals surface area contributed by atoms with Crippen LogP contribution in [0, 0.1) is 18.2 Å². The van der Waals surface area contributed by atoms with Crippen molar-refractivity contribution >= 4 is 21.5 Å². The lowest BCUT2D eigenvalue weighted by atomic mass is 10.1. The van der Waals surface area contributed by atoms with E-state index >= 15 is 0 Å². The summed E-state index contributed by atoms with van der Waals surface area (Å²) in [5.74, 6) is 2.38. The van der Waals surface area contributed by atoms with E-state index in [4.69, 9.17) is 12.2 Å². The average Bonchev–Trinajstić information content (AvgIpc) is 3.40. The first-order valence-electron chi connectivity index (χ1n) is 8.60. The molecule has 27 heavy (non-hydrogen) atoms. The molecule has 0 amide bonds. The van der Waals surface area contributed by atoms with Gasteiger partial charge in [0.25, 0.3) is 0 Å². The van der Waals surface area contributed by atoms with Gasteiger partial charge >= 0.3 is 0 Å². The molecule has 0 spiro atoms. The number of halogens is 2. The minimum atomic E-state index is -3.17. The van der Waals surface area contributed by atoms with E-state index in [-0.39, 0.29) is 12.5 Å². The number of rotatable bonds is 2. The number of nitrogens with zero attached hydrogens (tertiary/aromatic N) is 4. The fourth-order valence-corrected chi connectivity index (χ4v) is 4.00. The molecule has 1 aliphatic carbocycles. The van der Waals surface area contributed by atoms with Gasteiger partial charge in [-0.15, -0.1) is 11.5 Å². The van der Waals surface area contributed by atoms with Crippen LogP contribution in [0.2, 0.25) is 0 Å². The molecule has 2 aromatic heterocycles. The van der Waals surface area contributed by atoms with E-state index in [1.54, 1.807) is 0 Å². The third-order valence-corrected chi connectivity index (χ3v) is 5.85. The largest absolute Gasteiger partial charge is 0.367 e. The average molecular weight is 397 g/mol. The van der Waals surface area contributed by atoms with Crippen molar-refractivity contribution in [3.63, 3.8) is 0 Å².